The molecule has 0 spiro atoms. The van der Waals surface area contributed by atoms with E-state index in [1.54, 1.807) is 0 Å². The van der Waals surface area contributed by atoms with Crippen molar-refractivity contribution < 1.29 is 0 Å². The zero-order valence-corrected chi connectivity index (χ0v) is 4.77. The first-order valence-electron chi connectivity index (χ1n) is 1.48. The van der Waals surface area contributed by atoms with Crippen LogP contribution in [0.4, 0.5) is 0 Å². The molecule has 1 aromatic rings. The average molecular weight is 135 g/mol. The Bertz CT molecular complexity index is 218. The fourth-order valence-electron chi connectivity index (χ4n) is 0.176. The molecule has 1 aromatic heterocycles. The van der Waals surface area contributed by atoms with Gasteiger partial charge in [-0.25, -0.2) is 0 Å². The molecule has 0 aliphatic rings. The molecule has 5 heteroatoms. The van der Waals surface area contributed by atoms with Gasteiger partial charge in [0, 0.05) is 10.5 Å². The van der Waals surface area contributed by atoms with E-state index in [1.165, 1.54) is 0 Å². The van der Waals surface area contributed by atoms with E-state index in [2.05, 4.69) is 4.37 Å². The maximum atomic E-state index is 10.1. The van der Waals surface area contributed by atoms with E-state index in [0.29, 0.717) is 0 Å². The summed E-state index contributed by atoms with van der Waals surface area (Å²) < 4.78 is 1.85. The zero-order chi connectivity index (χ0) is 5.28. The first-order chi connectivity index (χ1) is 3.30. The predicted molar refractivity (Wildman–Crippen MR) is 29.1 cm³/mol. The second-order valence-corrected chi connectivity index (χ2v) is 2.79. The largest absolute Gasteiger partial charge is 0.317 e. The Hall–Kier alpha value is -0.420. The molecule has 0 saturated carbocycles. The lowest BCUT2D eigenvalue weighted by Crippen LogP contribution is -2.16. The van der Waals surface area contributed by atoms with E-state index < -0.39 is 10.3 Å². The van der Waals surface area contributed by atoms with Gasteiger partial charge in [0.15, 0.2) is 0 Å². The Morgan fingerprint density at radius 1 is 1.43 bits per heavy atom. The smallest absolute Gasteiger partial charge is 0.271 e. The average Bonchev–Trinajstić information content (AvgIpc) is 1.91. The van der Waals surface area contributed by atoms with Crippen LogP contribution in [0.5, 0.6) is 0 Å². The summed E-state index contributed by atoms with van der Waals surface area (Å²) in [7, 11) is 1.98. The van der Waals surface area contributed by atoms with Gasteiger partial charge >= 0.3 is 10.3 Å². The molecule has 1 N–H and O–H groups in total. The number of H-pyrrole nitrogens is 1. The summed E-state index contributed by atoms with van der Waals surface area (Å²) in [5.74, 6) is 0. The number of nitrogens with one attached hydrogen (secondary N) is 1. The number of aromatic nitrogens is 1. The van der Waals surface area contributed by atoms with Gasteiger partial charge in [-0.15, -0.1) is 0 Å². The minimum absolute atomic E-state index is 0.412. The first-order valence-corrected chi connectivity index (χ1v) is 3.63. The van der Waals surface area contributed by atoms with Crippen molar-refractivity contribution in [2.45, 2.75) is 0 Å². The van der Waals surface area contributed by atoms with Gasteiger partial charge in [-0.1, -0.05) is 0 Å². The Balaban J connectivity index is 3.71. The van der Waals surface area contributed by atoms with Crippen LogP contribution in [0.25, 0.3) is 0 Å². The van der Waals surface area contributed by atoms with Gasteiger partial charge in [0.05, 0.1) is 0 Å². The summed E-state index contributed by atoms with van der Waals surface area (Å²) in [5, 5.41) is 0. The molecule has 3 nitrogen and oxygen atoms in total. The highest BCUT2D eigenvalue weighted by molar-refractivity contribution is 7.65. The van der Waals surface area contributed by atoms with E-state index in [-0.39, 0.29) is 0 Å². The molecule has 0 atom stereocenters. The van der Waals surface area contributed by atoms with Crippen molar-refractivity contribution >= 4 is 20.9 Å². The zero-order valence-electron chi connectivity index (χ0n) is 3.13. The molecule has 0 aliphatic carbocycles. The van der Waals surface area contributed by atoms with E-state index in [9.17, 15) is 9.59 Å². The molecule has 0 unspecified atom stereocenters. The van der Waals surface area contributed by atoms with Crippen LogP contribution in [0, 0.1) is 0 Å². The van der Waals surface area contributed by atoms with Gasteiger partial charge in [-0.2, -0.15) is 0 Å². The Kier molecular flexibility index (Phi) is 1.07. The van der Waals surface area contributed by atoms with Gasteiger partial charge in [-0.05, 0) is 10.3 Å². The van der Waals surface area contributed by atoms with Crippen molar-refractivity contribution in [3.8, 4) is 0 Å². The van der Waals surface area contributed by atoms with Crippen molar-refractivity contribution in [3.63, 3.8) is 0 Å². The van der Waals surface area contributed by atoms with Crippen molar-refractivity contribution in [2.24, 2.45) is 0 Å². The summed E-state index contributed by atoms with van der Waals surface area (Å²) in [6, 6.07) is 0. The lowest BCUT2D eigenvalue weighted by molar-refractivity contribution is 1.39. The molecular formula is C2HNO2S2. The van der Waals surface area contributed by atoms with E-state index in [4.69, 9.17) is 0 Å². The predicted octanol–water partition coefficient (Wildman–Crippen LogP) is -0.142. The number of hydrogen-bond donors (Lipinski definition) is 1. The van der Waals surface area contributed by atoms with Crippen LogP contribution in [0.2, 0.25) is 0 Å². The molecule has 7 heavy (non-hydrogen) atoms. The maximum absolute atomic E-state index is 10.1. The topological polar surface area (TPSA) is 49.9 Å². The van der Waals surface area contributed by atoms with Crippen LogP contribution in [-0.4, -0.2) is 4.37 Å². The number of hydrogen-bond acceptors (Lipinski definition) is 4. The Morgan fingerprint density at radius 2 is 2.14 bits per heavy atom. The van der Waals surface area contributed by atoms with Crippen molar-refractivity contribution in [1.29, 1.82) is 0 Å². The fourth-order valence-corrected chi connectivity index (χ4v) is 1.46. The third-order valence-corrected chi connectivity index (χ3v) is 2.08. The molecule has 1 heterocycles. The summed E-state index contributed by atoms with van der Waals surface area (Å²) >= 11 is 0. The Labute approximate surface area is 45.8 Å². The van der Waals surface area contributed by atoms with Crippen LogP contribution >= 0.6 is 20.9 Å². The van der Waals surface area contributed by atoms with Crippen LogP contribution < -0.4 is 10.3 Å². The molecule has 0 saturated heterocycles. The quantitative estimate of drug-likeness (QED) is 0.397. The van der Waals surface area contributed by atoms with Gasteiger partial charge in [-0.3, -0.25) is 14.0 Å². The lowest BCUT2D eigenvalue weighted by atomic mass is 11.0. The molecule has 1 rings (SSSR count). The molecule has 0 radical (unpaired) electrons. The minimum atomic E-state index is -0.505. The van der Waals surface area contributed by atoms with Crippen LogP contribution in [0.1, 0.15) is 0 Å². The summed E-state index contributed by atoms with van der Waals surface area (Å²) in [5.41, 5.74) is -0.505. The standard InChI is InChI=1S/C2HNO2S2/c4-1-2(5)6-7-3-1/h(H,3,4). The van der Waals surface area contributed by atoms with Crippen LogP contribution in [0.15, 0.2) is 9.59 Å². The third kappa shape index (κ3) is 0.779. The molecule has 0 aliphatic heterocycles. The normalized spacial score (nSPS) is 9.14. The molecular weight excluding hydrogens is 134 g/mol. The first kappa shape index (κ1) is 4.73. The van der Waals surface area contributed by atoms with Gasteiger partial charge < -0.3 is 0 Å². The minimum Gasteiger partial charge on any atom is -0.271 e. The van der Waals surface area contributed by atoms with E-state index in [0.717, 1.165) is 20.9 Å². The van der Waals surface area contributed by atoms with Gasteiger partial charge in [0.25, 0.3) is 0 Å². The molecule has 0 bridgehead atoms. The highest BCUT2D eigenvalue weighted by Crippen LogP contribution is 1.84. The Morgan fingerprint density at radius 3 is 2.29 bits per heavy atom. The second kappa shape index (κ2) is 1.59. The SMILES string of the molecule is O=c1[nH]ssc1=O. The summed E-state index contributed by atoms with van der Waals surface area (Å²) in [4.78, 5) is 20.2. The van der Waals surface area contributed by atoms with Gasteiger partial charge in [0.2, 0.25) is 0 Å². The fraction of sp³-hybridized carbons (Fsp3) is 0. The summed E-state index contributed by atoms with van der Waals surface area (Å²) in [6.07, 6.45) is 0. The van der Waals surface area contributed by atoms with Gasteiger partial charge in [0.1, 0.15) is 0 Å². The number of rotatable bonds is 0. The maximum Gasteiger partial charge on any atom is 0.317 e. The van der Waals surface area contributed by atoms with E-state index in [1.807, 2.05) is 0 Å². The lowest BCUT2D eigenvalue weighted by Gasteiger charge is -1.47. The van der Waals surface area contributed by atoms with Crippen molar-refractivity contribution in [1.82, 2.24) is 4.37 Å². The molecule has 0 fully saturated rings. The number of aromatic amines is 1. The van der Waals surface area contributed by atoms with Crippen molar-refractivity contribution in [3.05, 3.63) is 19.9 Å². The molecule has 38 valence electrons. The third-order valence-electron chi connectivity index (χ3n) is 0.437. The van der Waals surface area contributed by atoms with E-state index >= 15 is 0 Å². The second-order valence-electron chi connectivity index (χ2n) is 0.885. The van der Waals surface area contributed by atoms with Crippen LogP contribution in [-0.2, 0) is 0 Å². The molecule has 0 aromatic carbocycles. The van der Waals surface area contributed by atoms with Crippen LogP contribution in [0.3, 0.4) is 0 Å². The highest BCUT2D eigenvalue weighted by atomic mass is 32.9. The highest BCUT2D eigenvalue weighted by Gasteiger charge is 1.88. The monoisotopic (exact) mass is 135 g/mol. The summed E-state index contributed by atoms with van der Waals surface area (Å²) in [6.45, 7) is 0. The van der Waals surface area contributed by atoms with Crippen molar-refractivity contribution in [2.75, 3.05) is 0 Å². The molecule has 0 amide bonds.